The fraction of sp³-hybridized carbons (Fsp3) is 0.111. The van der Waals surface area contributed by atoms with Gasteiger partial charge in [0.1, 0.15) is 3.57 Å². The van der Waals surface area contributed by atoms with Crippen LogP contribution in [0, 0.1) is 25.0 Å². The highest BCUT2D eigenvalue weighted by Crippen LogP contribution is 2.27. The van der Waals surface area contributed by atoms with Gasteiger partial charge < -0.3 is 0 Å². The van der Waals surface area contributed by atoms with Crippen molar-refractivity contribution < 1.29 is 9.72 Å². The van der Waals surface area contributed by atoms with Crippen molar-refractivity contribution in [2.45, 2.75) is 0 Å². The van der Waals surface area contributed by atoms with Gasteiger partial charge in [0, 0.05) is 6.07 Å². The van der Waals surface area contributed by atoms with Crippen molar-refractivity contribution in [3.05, 3.63) is 36.9 Å². The molecule has 0 amide bonds. The van der Waals surface area contributed by atoms with Crippen LogP contribution in [0.5, 0.6) is 0 Å². The summed E-state index contributed by atoms with van der Waals surface area (Å²) in [6, 6.07) is 4.26. The summed E-state index contributed by atoms with van der Waals surface area (Å²) in [5.41, 5.74) is -0.0824. The van der Waals surface area contributed by atoms with E-state index in [2.05, 4.69) is 0 Å². The number of hydrogen-bond donors (Lipinski definition) is 0. The molecule has 0 radical (unpaired) electrons. The second-order valence-electron chi connectivity index (χ2n) is 2.75. The number of nitro groups is 1. The Bertz CT molecular complexity index is 510. The number of nitrogens with zero attached hydrogens (tertiary/aromatic N) is 2. The number of carbonyl (C=O) groups is 1. The lowest BCUT2D eigenvalue weighted by Gasteiger charge is -2.04. The van der Waals surface area contributed by atoms with E-state index < -0.39 is 10.7 Å². The third-order valence-corrected chi connectivity index (χ3v) is 3.17. The molecular formula is C9H4ClIN2O3. The highest BCUT2D eigenvalue weighted by molar-refractivity contribution is 14.1. The van der Waals surface area contributed by atoms with Crippen LogP contribution in [0.2, 0.25) is 0 Å². The van der Waals surface area contributed by atoms with Crippen LogP contribution in [0.15, 0.2) is 12.1 Å². The minimum atomic E-state index is -0.603. The first-order valence-electron chi connectivity index (χ1n) is 3.99. The molecule has 0 saturated carbocycles. The summed E-state index contributed by atoms with van der Waals surface area (Å²) in [6.07, 6.45) is 0. The van der Waals surface area contributed by atoms with E-state index in [0.717, 1.165) is 0 Å². The van der Waals surface area contributed by atoms with Crippen LogP contribution in [-0.2, 0) is 0 Å². The largest absolute Gasteiger partial charge is 0.293 e. The van der Waals surface area contributed by atoms with E-state index in [1.54, 1.807) is 22.6 Å². The van der Waals surface area contributed by atoms with Crippen molar-refractivity contribution in [1.82, 2.24) is 0 Å². The molecule has 5 nitrogen and oxygen atoms in total. The zero-order valence-electron chi connectivity index (χ0n) is 7.74. The Morgan fingerprint density at radius 3 is 2.69 bits per heavy atom. The van der Waals surface area contributed by atoms with Gasteiger partial charge in [-0.2, -0.15) is 5.26 Å². The summed E-state index contributed by atoms with van der Waals surface area (Å²) in [5.74, 6) is -0.808. The molecule has 1 rings (SSSR count). The lowest BCUT2D eigenvalue weighted by Crippen LogP contribution is -2.08. The molecule has 0 atom stereocenters. The van der Waals surface area contributed by atoms with E-state index in [1.165, 1.54) is 12.1 Å². The average Bonchev–Trinajstić information content (AvgIpc) is 2.26. The molecule has 0 fully saturated rings. The Morgan fingerprint density at radius 1 is 1.62 bits per heavy atom. The van der Waals surface area contributed by atoms with Crippen molar-refractivity contribution >= 4 is 45.7 Å². The minimum absolute atomic E-state index is 0.0206. The predicted molar refractivity (Wildman–Crippen MR) is 65.6 cm³/mol. The van der Waals surface area contributed by atoms with Crippen molar-refractivity contribution in [3.63, 3.8) is 0 Å². The van der Waals surface area contributed by atoms with E-state index >= 15 is 0 Å². The maximum absolute atomic E-state index is 11.5. The molecular weight excluding hydrogens is 346 g/mol. The summed E-state index contributed by atoms with van der Waals surface area (Å²) >= 11 is 7.06. The number of ketones is 1. The van der Waals surface area contributed by atoms with Crippen molar-refractivity contribution in [3.8, 4) is 6.07 Å². The van der Waals surface area contributed by atoms with Crippen LogP contribution in [0.4, 0.5) is 5.69 Å². The molecule has 82 valence electrons. The van der Waals surface area contributed by atoms with Gasteiger partial charge in [0.25, 0.3) is 5.69 Å². The smallest absolute Gasteiger partial charge is 0.283 e. The molecule has 0 spiro atoms. The fourth-order valence-corrected chi connectivity index (χ4v) is 2.24. The normalized spacial score (nSPS) is 9.56. The van der Waals surface area contributed by atoms with Crippen LogP contribution in [0.3, 0.4) is 0 Å². The van der Waals surface area contributed by atoms with Gasteiger partial charge in [-0.1, -0.05) is 0 Å². The van der Waals surface area contributed by atoms with Crippen molar-refractivity contribution in [2.75, 3.05) is 5.88 Å². The minimum Gasteiger partial charge on any atom is -0.293 e. The monoisotopic (exact) mass is 350 g/mol. The zero-order valence-corrected chi connectivity index (χ0v) is 10.7. The van der Waals surface area contributed by atoms with Crippen molar-refractivity contribution in [1.29, 1.82) is 5.26 Å². The Balaban J connectivity index is 3.54. The molecule has 0 aliphatic rings. The number of benzene rings is 1. The molecule has 0 aromatic heterocycles. The maximum Gasteiger partial charge on any atom is 0.283 e. The standard InChI is InChI=1S/C9H4ClIN2O3/c10-3-7(14)8-5(4-12)1-2-6(9(8)11)13(15)16/h1-2H,3H2. The molecule has 0 bridgehead atoms. The number of carbonyl (C=O) groups excluding carboxylic acids is 1. The van der Waals surface area contributed by atoms with Gasteiger partial charge in [-0.3, -0.25) is 14.9 Å². The van der Waals surface area contributed by atoms with E-state index in [9.17, 15) is 14.9 Å². The topological polar surface area (TPSA) is 84.0 Å². The second kappa shape index (κ2) is 5.23. The molecule has 0 aliphatic heterocycles. The highest BCUT2D eigenvalue weighted by atomic mass is 127. The van der Waals surface area contributed by atoms with E-state index in [0.29, 0.717) is 0 Å². The number of Topliss-reactive ketones (excluding diaryl/α,β-unsaturated/α-hetero) is 1. The molecule has 0 aliphatic carbocycles. The predicted octanol–water partition coefficient (Wildman–Crippen LogP) is 2.49. The van der Waals surface area contributed by atoms with Crippen LogP contribution in [0.1, 0.15) is 15.9 Å². The van der Waals surface area contributed by atoms with Gasteiger partial charge in [0.15, 0.2) is 5.78 Å². The van der Waals surface area contributed by atoms with E-state index in [1.807, 2.05) is 6.07 Å². The third kappa shape index (κ3) is 2.31. The molecule has 0 N–H and O–H groups in total. The summed E-state index contributed by atoms with van der Waals surface area (Å²) in [6.45, 7) is 0. The Labute approximate surface area is 109 Å². The van der Waals surface area contributed by atoms with Gasteiger partial charge >= 0.3 is 0 Å². The van der Waals surface area contributed by atoms with Gasteiger partial charge in [0.2, 0.25) is 0 Å². The molecule has 1 aromatic carbocycles. The first-order chi connectivity index (χ1) is 7.52. The lowest BCUT2D eigenvalue weighted by molar-refractivity contribution is -0.385. The zero-order chi connectivity index (χ0) is 12.3. The third-order valence-electron chi connectivity index (χ3n) is 1.84. The highest BCUT2D eigenvalue weighted by Gasteiger charge is 2.22. The first-order valence-corrected chi connectivity index (χ1v) is 5.60. The quantitative estimate of drug-likeness (QED) is 0.276. The molecule has 16 heavy (non-hydrogen) atoms. The van der Waals surface area contributed by atoms with Gasteiger partial charge in [-0.05, 0) is 28.7 Å². The SMILES string of the molecule is N#Cc1ccc([N+](=O)[O-])c(I)c1C(=O)CCl. The average molecular weight is 350 g/mol. The van der Waals surface area contributed by atoms with Crippen molar-refractivity contribution in [2.24, 2.45) is 0 Å². The van der Waals surface area contributed by atoms with Gasteiger partial charge in [-0.15, -0.1) is 11.6 Å². The van der Waals surface area contributed by atoms with Gasteiger partial charge in [0.05, 0.1) is 28.0 Å². The maximum atomic E-state index is 11.5. The molecule has 7 heteroatoms. The second-order valence-corrected chi connectivity index (χ2v) is 4.09. The molecule has 1 aromatic rings. The molecule has 0 saturated heterocycles. The van der Waals surface area contributed by atoms with Gasteiger partial charge in [-0.25, -0.2) is 0 Å². The number of rotatable bonds is 3. The number of nitro benzene ring substituents is 1. The summed E-state index contributed by atoms with van der Waals surface area (Å²) < 4.78 is 0.146. The number of halogens is 2. The van der Waals surface area contributed by atoms with E-state index in [4.69, 9.17) is 16.9 Å². The summed E-state index contributed by atoms with van der Waals surface area (Å²) in [4.78, 5) is 21.5. The Kier molecular flexibility index (Phi) is 4.20. The number of hydrogen-bond acceptors (Lipinski definition) is 4. The first kappa shape index (κ1) is 12.9. The van der Waals surface area contributed by atoms with Crippen LogP contribution in [0.25, 0.3) is 0 Å². The summed E-state index contributed by atoms with van der Waals surface area (Å²) in [7, 11) is 0. The Hall–Kier alpha value is -1.20. The van der Waals surface area contributed by atoms with Crippen LogP contribution >= 0.6 is 34.2 Å². The van der Waals surface area contributed by atoms with Crippen LogP contribution < -0.4 is 0 Å². The fourth-order valence-electron chi connectivity index (χ4n) is 1.14. The Morgan fingerprint density at radius 2 is 2.25 bits per heavy atom. The van der Waals surface area contributed by atoms with Crippen LogP contribution in [-0.4, -0.2) is 16.6 Å². The molecule has 0 heterocycles. The number of alkyl halides is 1. The number of nitriles is 1. The van der Waals surface area contributed by atoms with E-state index in [-0.39, 0.29) is 26.3 Å². The summed E-state index contributed by atoms with van der Waals surface area (Å²) in [5, 5.41) is 19.5. The molecule has 0 unspecified atom stereocenters. The lowest BCUT2D eigenvalue weighted by atomic mass is 10.0.